The van der Waals surface area contributed by atoms with Gasteiger partial charge in [0.1, 0.15) is 5.82 Å². The molecule has 0 spiro atoms. The molecule has 3 heteroatoms. The molecular formula is C12H16FNS. The lowest BCUT2D eigenvalue weighted by Gasteiger charge is -2.10. The van der Waals surface area contributed by atoms with Crippen LogP contribution in [0, 0.1) is 5.82 Å². The summed E-state index contributed by atoms with van der Waals surface area (Å²) in [6.07, 6.45) is 2.27. The van der Waals surface area contributed by atoms with Crippen LogP contribution in [0.5, 0.6) is 0 Å². The van der Waals surface area contributed by atoms with Crippen LogP contribution in [0.2, 0.25) is 0 Å². The molecule has 0 radical (unpaired) electrons. The van der Waals surface area contributed by atoms with Crippen molar-refractivity contribution in [3.8, 4) is 0 Å². The van der Waals surface area contributed by atoms with Crippen molar-refractivity contribution in [3.63, 3.8) is 0 Å². The molecule has 0 amide bonds. The molecule has 0 unspecified atom stereocenters. The van der Waals surface area contributed by atoms with E-state index >= 15 is 0 Å². The van der Waals surface area contributed by atoms with E-state index in [0.29, 0.717) is 6.04 Å². The lowest BCUT2D eigenvalue weighted by atomic mass is 10.1. The standard InChI is InChI=1S/C12H16FNS/c13-11-3-1-10(2-4-11)5-7-14-12-6-8-15-9-12/h1-4,12,14H,5-9H2/t12-/m1/s1. The van der Waals surface area contributed by atoms with Crippen molar-refractivity contribution >= 4 is 11.8 Å². The van der Waals surface area contributed by atoms with E-state index in [1.807, 2.05) is 23.9 Å². The Morgan fingerprint density at radius 3 is 2.80 bits per heavy atom. The number of rotatable bonds is 4. The quantitative estimate of drug-likeness (QED) is 0.845. The molecule has 1 nitrogen and oxygen atoms in total. The Kier molecular flexibility index (Phi) is 4.03. The second-order valence-electron chi connectivity index (χ2n) is 3.89. The van der Waals surface area contributed by atoms with Crippen molar-refractivity contribution in [2.45, 2.75) is 18.9 Å². The Bertz CT molecular complexity index is 293. The number of hydrogen-bond donors (Lipinski definition) is 1. The first-order chi connectivity index (χ1) is 7.34. The number of benzene rings is 1. The molecule has 1 aliphatic heterocycles. The molecule has 15 heavy (non-hydrogen) atoms. The molecule has 1 aliphatic rings. The minimum Gasteiger partial charge on any atom is -0.313 e. The van der Waals surface area contributed by atoms with E-state index in [4.69, 9.17) is 0 Å². The first-order valence-electron chi connectivity index (χ1n) is 5.40. The Morgan fingerprint density at radius 2 is 2.13 bits per heavy atom. The fraction of sp³-hybridized carbons (Fsp3) is 0.500. The summed E-state index contributed by atoms with van der Waals surface area (Å²) in [7, 11) is 0. The highest BCUT2D eigenvalue weighted by Gasteiger charge is 2.13. The van der Waals surface area contributed by atoms with E-state index in [0.717, 1.165) is 13.0 Å². The van der Waals surface area contributed by atoms with Gasteiger partial charge in [0.05, 0.1) is 0 Å². The van der Waals surface area contributed by atoms with Gasteiger partial charge in [0.2, 0.25) is 0 Å². The van der Waals surface area contributed by atoms with Crippen molar-refractivity contribution < 1.29 is 4.39 Å². The maximum absolute atomic E-state index is 12.6. The molecule has 2 rings (SSSR count). The SMILES string of the molecule is Fc1ccc(CCN[C@@H]2CCSC2)cc1. The average Bonchev–Trinajstić information content (AvgIpc) is 2.74. The highest BCUT2D eigenvalue weighted by atomic mass is 32.2. The molecule has 0 saturated carbocycles. The third-order valence-corrected chi connectivity index (χ3v) is 3.85. The second kappa shape index (κ2) is 5.52. The van der Waals surface area contributed by atoms with Crippen molar-refractivity contribution in [1.82, 2.24) is 5.32 Å². The number of thioether (sulfide) groups is 1. The topological polar surface area (TPSA) is 12.0 Å². The zero-order valence-corrected chi connectivity index (χ0v) is 9.52. The van der Waals surface area contributed by atoms with Gasteiger partial charge in [-0.1, -0.05) is 12.1 Å². The fourth-order valence-corrected chi connectivity index (χ4v) is 2.95. The third-order valence-electron chi connectivity index (χ3n) is 2.69. The maximum atomic E-state index is 12.6. The lowest BCUT2D eigenvalue weighted by molar-refractivity contribution is 0.560. The first-order valence-corrected chi connectivity index (χ1v) is 6.55. The van der Waals surface area contributed by atoms with Crippen LogP contribution < -0.4 is 5.32 Å². The first kappa shape index (κ1) is 11.0. The van der Waals surface area contributed by atoms with Crippen LogP contribution in [0.4, 0.5) is 4.39 Å². The van der Waals surface area contributed by atoms with Gasteiger partial charge >= 0.3 is 0 Å². The van der Waals surface area contributed by atoms with Crippen molar-refractivity contribution in [2.75, 3.05) is 18.1 Å². The molecule has 1 atom stereocenters. The average molecular weight is 225 g/mol. The number of nitrogens with one attached hydrogen (secondary N) is 1. The van der Waals surface area contributed by atoms with Crippen molar-refractivity contribution in [3.05, 3.63) is 35.6 Å². The van der Waals surface area contributed by atoms with Crippen LogP contribution >= 0.6 is 11.8 Å². The molecular weight excluding hydrogens is 209 g/mol. The van der Waals surface area contributed by atoms with E-state index in [-0.39, 0.29) is 5.82 Å². The van der Waals surface area contributed by atoms with Gasteiger partial charge in [0, 0.05) is 11.8 Å². The Balaban J connectivity index is 1.71. The molecule has 1 aromatic carbocycles. The van der Waals surface area contributed by atoms with Crippen LogP contribution in [0.3, 0.4) is 0 Å². The van der Waals surface area contributed by atoms with E-state index in [2.05, 4.69) is 5.32 Å². The molecule has 1 N–H and O–H groups in total. The molecule has 1 saturated heterocycles. The number of hydrogen-bond acceptors (Lipinski definition) is 2. The van der Waals surface area contributed by atoms with Gasteiger partial charge in [0.25, 0.3) is 0 Å². The molecule has 1 aromatic rings. The molecule has 0 aromatic heterocycles. The predicted octanol–water partition coefficient (Wildman–Crippen LogP) is 2.46. The van der Waals surface area contributed by atoms with Crippen LogP contribution in [0.15, 0.2) is 24.3 Å². The van der Waals surface area contributed by atoms with Crippen LogP contribution in [0.25, 0.3) is 0 Å². The van der Waals surface area contributed by atoms with E-state index < -0.39 is 0 Å². The Hall–Kier alpha value is -0.540. The zero-order valence-electron chi connectivity index (χ0n) is 8.71. The summed E-state index contributed by atoms with van der Waals surface area (Å²) in [5.74, 6) is 2.37. The molecule has 0 bridgehead atoms. The second-order valence-corrected chi connectivity index (χ2v) is 5.04. The molecule has 0 aliphatic carbocycles. The van der Waals surface area contributed by atoms with Gasteiger partial charge in [-0.25, -0.2) is 4.39 Å². The summed E-state index contributed by atoms with van der Waals surface area (Å²) in [5.41, 5.74) is 1.20. The normalized spacial score (nSPS) is 20.7. The number of halogens is 1. The van der Waals surface area contributed by atoms with Crippen molar-refractivity contribution in [1.29, 1.82) is 0 Å². The molecule has 82 valence electrons. The smallest absolute Gasteiger partial charge is 0.123 e. The summed E-state index contributed by atoms with van der Waals surface area (Å²) in [5, 5.41) is 3.53. The zero-order chi connectivity index (χ0) is 10.5. The summed E-state index contributed by atoms with van der Waals surface area (Å²) < 4.78 is 12.6. The highest BCUT2D eigenvalue weighted by molar-refractivity contribution is 7.99. The van der Waals surface area contributed by atoms with Gasteiger partial charge in [-0.2, -0.15) is 11.8 Å². The molecule has 1 fully saturated rings. The summed E-state index contributed by atoms with van der Waals surface area (Å²) in [6.45, 7) is 0.997. The Morgan fingerprint density at radius 1 is 1.33 bits per heavy atom. The predicted molar refractivity (Wildman–Crippen MR) is 63.8 cm³/mol. The highest BCUT2D eigenvalue weighted by Crippen LogP contribution is 2.16. The minimum absolute atomic E-state index is 0.154. The fourth-order valence-electron chi connectivity index (χ4n) is 1.77. The Labute approximate surface area is 94.5 Å². The van der Waals surface area contributed by atoms with Crippen molar-refractivity contribution in [2.24, 2.45) is 0 Å². The van der Waals surface area contributed by atoms with E-state index in [1.165, 1.54) is 35.6 Å². The van der Waals surface area contributed by atoms with Gasteiger partial charge in [-0.3, -0.25) is 0 Å². The lowest BCUT2D eigenvalue weighted by Crippen LogP contribution is -2.30. The van der Waals surface area contributed by atoms with Gasteiger partial charge in [0.15, 0.2) is 0 Å². The maximum Gasteiger partial charge on any atom is 0.123 e. The summed E-state index contributed by atoms with van der Waals surface area (Å²) in [6, 6.07) is 7.47. The van der Waals surface area contributed by atoms with Crippen LogP contribution in [-0.4, -0.2) is 24.1 Å². The van der Waals surface area contributed by atoms with Gasteiger partial charge < -0.3 is 5.32 Å². The summed E-state index contributed by atoms with van der Waals surface area (Å²) in [4.78, 5) is 0. The third kappa shape index (κ3) is 3.50. The monoisotopic (exact) mass is 225 g/mol. The minimum atomic E-state index is -0.154. The summed E-state index contributed by atoms with van der Waals surface area (Å²) >= 11 is 2.02. The molecule has 1 heterocycles. The van der Waals surface area contributed by atoms with Gasteiger partial charge in [-0.15, -0.1) is 0 Å². The largest absolute Gasteiger partial charge is 0.313 e. The van der Waals surface area contributed by atoms with Crippen LogP contribution in [-0.2, 0) is 6.42 Å². The van der Waals surface area contributed by atoms with Crippen LogP contribution in [0.1, 0.15) is 12.0 Å². The van der Waals surface area contributed by atoms with E-state index in [1.54, 1.807) is 0 Å². The van der Waals surface area contributed by atoms with Gasteiger partial charge in [-0.05, 0) is 42.8 Å². The van der Waals surface area contributed by atoms with E-state index in [9.17, 15) is 4.39 Å².